The van der Waals surface area contributed by atoms with Crippen LogP contribution >= 0.6 is 46.1 Å². The van der Waals surface area contributed by atoms with Crippen LogP contribution in [0.1, 0.15) is 24.1 Å². The Bertz CT molecular complexity index is 1210. The Kier molecular flexibility index (Phi) is 6.79. The number of rotatable bonds is 5. The third kappa shape index (κ3) is 4.86. The maximum atomic E-state index is 13.3. The fourth-order valence-electron chi connectivity index (χ4n) is 3.62. The van der Waals surface area contributed by atoms with E-state index in [1.54, 1.807) is 24.3 Å². The molecule has 0 aliphatic carbocycles. The number of hydrogen-bond donors (Lipinski definition) is 0. The molecule has 4 rings (SSSR count). The molecule has 31 heavy (non-hydrogen) atoms. The summed E-state index contributed by atoms with van der Waals surface area (Å²) in [5.74, 6) is -0.443. The van der Waals surface area contributed by atoms with Crippen LogP contribution in [-0.4, -0.2) is 31.7 Å². The van der Waals surface area contributed by atoms with Crippen LogP contribution in [-0.2, 0) is 16.3 Å². The van der Waals surface area contributed by atoms with Gasteiger partial charge in [-0.3, -0.25) is 0 Å². The third-order valence-corrected chi connectivity index (χ3v) is 9.76. The van der Waals surface area contributed by atoms with Crippen molar-refractivity contribution in [2.24, 2.45) is 0 Å². The highest BCUT2D eigenvalue weighted by molar-refractivity contribution is 7.92. The van der Waals surface area contributed by atoms with E-state index in [1.165, 1.54) is 23.5 Å². The van der Waals surface area contributed by atoms with E-state index < -0.39 is 20.9 Å². The summed E-state index contributed by atoms with van der Waals surface area (Å²) in [5, 5.41) is 2.70. The molecule has 0 spiro atoms. The number of aromatic nitrogens is 1. The van der Waals surface area contributed by atoms with Crippen molar-refractivity contribution in [3.05, 3.63) is 73.9 Å². The molecule has 4 nitrogen and oxygen atoms in total. The highest BCUT2D eigenvalue weighted by Crippen LogP contribution is 2.35. The molecule has 0 saturated carbocycles. The van der Waals surface area contributed by atoms with Gasteiger partial charge in [-0.25, -0.2) is 17.8 Å². The van der Waals surface area contributed by atoms with Gasteiger partial charge in [0.15, 0.2) is 15.0 Å². The normalized spacial score (nSPS) is 15.4. The van der Waals surface area contributed by atoms with E-state index in [-0.39, 0.29) is 20.0 Å². The van der Waals surface area contributed by atoms with Crippen LogP contribution in [0.3, 0.4) is 0 Å². The maximum Gasteiger partial charge on any atom is 0.185 e. The fraction of sp³-hybridized carbons (Fsp3) is 0.286. The van der Waals surface area contributed by atoms with E-state index in [2.05, 4.69) is 9.88 Å². The number of anilines is 1. The molecule has 0 N–H and O–H groups in total. The first-order valence-corrected chi connectivity index (χ1v) is 13.1. The van der Waals surface area contributed by atoms with Gasteiger partial charge in [-0.1, -0.05) is 46.9 Å². The smallest absolute Gasteiger partial charge is 0.185 e. The SMILES string of the molecule is O=S(=O)(c1cccc(Cl)c1Cl)C1CCN(c2nc(Cc3ccc(F)c(Cl)c3)cs2)CC1. The standard InChI is InChI=1S/C21H18Cl3FN2O2S2/c22-16-2-1-3-19(20(16)24)31(28,29)15-6-8-27(9-7-15)21-26-14(12-30-21)10-13-4-5-18(25)17(23)11-13/h1-5,11-12,15H,6-10H2. The maximum absolute atomic E-state index is 13.3. The Labute approximate surface area is 199 Å². The zero-order valence-corrected chi connectivity index (χ0v) is 20.1. The van der Waals surface area contributed by atoms with Crippen molar-refractivity contribution in [2.45, 2.75) is 29.4 Å². The fourth-order valence-corrected chi connectivity index (χ4v) is 7.20. The summed E-state index contributed by atoms with van der Waals surface area (Å²) in [7, 11) is -3.57. The molecule has 1 fully saturated rings. The molecule has 1 aromatic heterocycles. The van der Waals surface area contributed by atoms with Crippen molar-refractivity contribution in [1.82, 2.24) is 4.98 Å². The summed E-state index contributed by atoms with van der Waals surface area (Å²) in [5.41, 5.74) is 1.74. The van der Waals surface area contributed by atoms with Crippen LogP contribution in [0.15, 0.2) is 46.7 Å². The summed E-state index contributed by atoms with van der Waals surface area (Å²) in [6, 6.07) is 9.32. The lowest BCUT2D eigenvalue weighted by molar-refractivity contribution is 0.529. The zero-order valence-electron chi connectivity index (χ0n) is 16.2. The van der Waals surface area contributed by atoms with E-state index in [0.29, 0.717) is 32.4 Å². The first-order valence-electron chi connectivity index (χ1n) is 9.57. The second-order valence-electron chi connectivity index (χ2n) is 7.33. The molecule has 3 aromatic rings. The minimum Gasteiger partial charge on any atom is -0.348 e. The molecular formula is C21H18Cl3FN2O2S2. The third-order valence-electron chi connectivity index (χ3n) is 5.28. The van der Waals surface area contributed by atoms with Gasteiger partial charge in [0.05, 0.1) is 30.9 Å². The molecule has 0 radical (unpaired) electrons. The van der Waals surface area contributed by atoms with Crippen LogP contribution < -0.4 is 4.90 Å². The monoisotopic (exact) mass is 518 g/mol. The minimum absolute atomic E-state index is 0.0806. The number of sulfone groups is 1. The molecule has 0 amide bonds. The molecule has 0 bridgehead atoms. The summed E-state index contributed by atoms with van der Waals surface area (Å²) in [6.45, 7) is 1.16. The highest BCUT2D eigenvalue weighted by Gasteiger charge is 2.33. The molecule has 1 saturated heterocycles. The Balaban J connectivity index is 1.42. The van der Waals surface area contributed by atoms with Crippen molar-refractivity contribution in [2.75, 3.05) is 18.0 Å². The average molecular weight is 520 g/mol. The molecule has 1 aliphatic heterocycles. The number of nitrogens with zero attached hydrogens (tertiary/aromatic N) is 2. The van der Waals surface area contributed by atoms with E-state index in [0.717, 1.165) is 16.4 Å². The number of piperidine rings is 1. The van der Waals surface area contributed by atoms with Crippen LogP contribution in [0.2, 0.25) is 15.1 Å². The van der Waals surface area contributed by atoms with Gasteiger partial charge in [0, 0.05) is 24.9 Å². The first-order chi connectivity index (χ1) is 14.8. The summed E-state index contributed by atoms with van der Waals surface area (Å²) >= 11 is 19.5. The van der Waals surface area contributed by atoms with Crippen molar-refractivity contribution in [1.29, 1.82) is 0 Å². The molecule has 2 aromatic carbocycles. The van der Waals surface area contributed by atoms with E-state index in [9.17, 15) is 12.8 Å². The summed E-state index contributed by atoms with van der Waals surface area (Å²) in [4.78, 5) is 6.86. The molecule has 1 aliphatic rings. The number of hydrogen-bond acceptors (Lipinski definition) is 5. The molecule has 0 unspecified atom stereocenters. The second kappa shape index (κ2) is 9.24. The lowest BCUT2D eigenvalue weighted by Crippen LogP contribution is -2.39. The van der Waals surface area contributed by atoms with Crippen molar-refractivity contribution >= 4 is 61.1 Å². The number of thiazole rings is 1. The Morgan fingerprint density at radius 3 is 2.55 bits per heavy atom. The van der Waals surface area contributed by atoms with Crippen molar-refractivity contribution in [3.8, 4) is 0 Å². The molecule has 10 heteroatoms. The predicted octanol–water partition coefficient (Wildman–Crippen LogP) is 6.28. The van der Waals surface area contributed by atoms with Gasteiger partial charge in [0.1, 0.15) is 5.82 Å². The van der Waals surface area contributed by atoms with Crippen molar-refractivity contribution in [3.63, 3.8) is 0 Å². The molecule has 164 valence electrons. The lowest BCUT2D eigenvalue weighted by atomic mass is 10.1. The molecule has 2 heterocycles. The van der Waals surface area contributed by atoms with Gasteiger partial charge >= 0.3 is 0 Å². The van der Waals surface area contributed by atoms with Crippen LogP contribution in [0.25, 0.3) is 0 Å². The zero-order chi connectivity index (χ0) is 22.2. The van der Waals surface area contributed by atoms with Gasteiger partial charge in [-0.15, -0.1) is 11.3 Å². The Hall–Kier alpha value is -1.38. The van der Waals surface area contributed by atoms with E-state index >= 15 is 0 Å². The molecular weight excluding hydrogens is 502 g/mol. The van der Waals surface area contributed by atoms with Crippen molar-refractivity contribution < 1.29 is 12.8 Å². The van der Waals surface area contributed by atoms with Crippen LogP contribution in [0.4, 0.5) is 9.52 Å². The lowest BCUT2D eigenvalue weighted by Gasteiger charge is -2.31. The van der Waals surface area contributed by atoms with Gasteiger partial charge in [0.2, 0.25) is 0 Å². The van der Waals surface area contributed by atoms with Gasteiger partial charge in [-0.2, -0.15) is 0 Å². The van der Waals surface area contributed by atoms with E-state index in [4.69, 9.17) is 34.8 Å². The largest absolute Gasteiger partial charge is 0.348 e. The topological polar surface area (TPSA) is 50.3 Å². The van der Waals surface area contributed by atoms with Crippen LogP contribution in [0, 0.1) is 5.82 Å². The minimum atomic E-state index is -3.57. The Morgan fingerprint density at radius 2 is 1.84 bits per heavy atom. The summed E-state index contributed by atoms with van der Waals surface area (Å²) in [6.07, 6.45) is 1.51. The van der Waals surface area contributed by atoms with Crippen LogP contribution in [0.5, 0.6) is 0 Å². The van der Waals surface area contributed by atoms with Gasteiger partial charge < -0.3 is 4.90 Å². The number of halogens is 4. The van der Waals surface area contributed by atoms with Gasteiger partial charge in [-0.05, 0) is 42.7 Å². The quantitative estimate of drug-likeness (QED) is 0.398. The Morgan fingerprint density at radius 1 is 1.10 bits per heavy atom. The predicted molar refractivity (Wildman–Crippen MR) is 125 cm³/mol. The number of benzene rings is 2. The van der Waals surface area contributed by atoms with E-state index in [1.807, 2.05) is 5.38 Å². The molecule has 0 atom stereocenters. The summed E-state index contributed by atoms with van der Waals surface area (Å²) < 4.78 is 39.4. The first kappa shape index (κ1) is 22.8. The highest BCUT2D eigenvalue weighted by atomic mass is 35.5. The average Bonchev–Trinajstić information content (AvgIpc) is 3.21. The van der Waals surface area contributed by atoms with Gasteiger partial charge in [0.25, 0.3) is 0 Å². The second-order valence-corrected chi connectivity index (χ2v) is 11.6.